The van der Waals surface area contributed by atoms with Gasteiger partial charge in [-0.3, -0.25) is 4.40 Å². The van der Waals surface area contributed by atoms with Crippen LogP contribution in [0, 0.1) is 13.8 Å². The summed E-state index contributed by atoms with van der Waals surface area (Å²) in [6, 6.07) is 12.4. The molecule has 1 saturated heterocycles. The molecule has 0 aliphatic carbocycles. The third-order valence-electron chi connectivity index (χ3n) is 4.97. The van der Waals surface area contributed by atoms with Gasteiger partial charge in [0.1, 0.15) is 5.65 Å². The lowest BCUT2D eigenvalue weighted by Crippen LogP contribution is -2.44. The summed E-state index contributed by atoms with van der Waals surface area (Å²) in [6.45, 7) is 8.37. The fourth-order valence-corrected chi connectivity index (χ4v) is 3.33. The van der Waals surface area contributed by atoms with Gasteiger partial charge in [-0.15, -0.1) is 10.2 Å². The largest absolute Gasteiger partial charge is 0.369 e. The zero-order valence-electron chi connectivity index (χ0n) is 15.6. The maximum Gasteiger partial charge on any atom is 0.182 e. The summed E-state index contributed by atoms with van der Waals surface area (Å²) in [5.74, 6) is 0.784. The van der Waals surface area contributed by atoms with E-state index in [1.807, 2.05) is 35.7 Å². The number of hydrogen-bond acceptors (Lipinski definition) is 5. The predicted octanol–water partition coefficient (Wildman–Crippen LogP) is 4.12. The van der Waals surface area contributed by atoms with Crippen LogP contribution in [0.4, 0.5) is 17.2 Å². The zero-order valence-corrected chi connectivity index (χ0v) is 15.6. The molecular weight excluding hydrogens is 324 g/mol. The summed E-state index contributed by atoms with van der Waals surface area (Å²) in [5, 5.41) is 8.89. The van der Waals surface area contributed by atoms with Crippen LogP contribution in [0.25, 0.3) is 5.65 Å². The Morgan fingerprint density at radius 1 is 0.923 bits per heavy atom. The second-order valence-electron chi connectivity index (χ2n) is 6.91. The predicted molar refractivity (Wildman–Crippen MR) is 105 cm³/mol. The van der Waals surface area contributed by atoms with Gasteiger partial charge in [0, 0.05) is 38.1 Å². The van der Waals surface area contributed by atoms with Crippen LogP contribution in [0.2, 0.25) is 0 Å². The standard InChI is InChI=1S/C20H24N6/c1-15-5-4-10-26-19(15)21-16(2)20(26)23-22-17-6-8-18(9-7-17)25-13-11-24(3)12-14-25/h4-10H,11-14H2,1-3H3. The van der Waals surface area contributed by atoms with E-state index in [1.54, 1.807) is 0 Å². The third-order valence-corrected chi connectivity index (χ3v) is 4.97. The summed E-state index contributed by atoms with van der Waals surface area (Å²) in [6.07, 6.45) is 1.98. The number of imidazole rings is 1. The van der Waals surface area contributed by atoms with Crippen LogP contribution >= 0.6 is 0 Å². The molecule has 3 heterocycles. The molecule has 0 atom stereocenters. The summed E-state index contributed by atoms with van der Waals surface area (Å²) >= 11 is 0. The first-order chi connectivity index (χ1) is 12.6. The number of anilines is 1. The number of piperazine rings is 1. The Morgan fingerprint density at radius 2 is 1.65 bits per heavy atom. The van der Waals surface area contributed by atoms with Gasteiger partial charge in [-0.1, -0.05) is 6.07 Å². The van der Waals surface area contributed by atoms with Crippen LogP contribution < -0.4 is 4.90 Å². The number of pyridine rings is 1. The third kappa shape index (κ3) is 3.20. The maximum absolute atomic E-state index is 4.60. The van der Waals surface area contributed by atoms with Gasteiger partial charge in [0.2, 0.25) is 0 Å². The molecule has 1 aliphatic heterocycles. The van der Waals surface area contributed by atoms with Crippen molar-refractivity contribution < 1.29 is 0 Å². The highest BCUT2D eigenvalue weighted by molar-refractivity contribution is 5.57. The van der Waals surface area contributed by atoms with Crippen molar-refractivity contribution >= 4 is 22.8 Å². The van der Waals surface area contributed by atoms with Crippen molar-refractivity contribution in [2.75, 3.05) is 38.1 Å². The minimum Gasteiger partial charge on any atom is -0.369 e. The minimum absolute atomic E-state index is 0.784. The van der Waals surface area contributed by atoms with E-state index in [0.717, 1.165) is 54.6 Å². The number of azo groups is 1. The van der Waals surface area contributed by atoms with Crippen molar-refractivity contribution in [3.05, 3.63) is 53.9 Å². The van der Waals surface area contributed by atoms with E-state index in [1.165, 1.54) is 5.69 Å². The molecule has 0 radical (unpaired) electrons. The molecule has 6 nitrogen and oxygen atoms in total. The second kappa shape index (κ2) is 6.88. The van der Waals surface area contributed by atoms with Gasteiger partial charge in [0.25, 0.3) is 0 Å². The van der Waals surface area contributed by atoms with Gasteiger partial charge in [0.15, 0.2) is 5.82 Å². The van der Waals surface area contributed by atoms with Crippen LogP contribution in [0.3, 0.4) is 0 Å². The Hall–Kier alpha value is -2.73. The lowest BCUT2D eigenvalue weighted by atomic mass is 10.2. The topological polar surface area (TPSA) is 48.5 Å². The number of fused-ring (bicyclic) bond motifs is 1. The minimum atomic E-state index is 0.784. The first-order valence-electron chi connectivity index (χ1n) is 9.01. The van der Waals surface area contributed by atoms with E-state index >= 15 is 0 Å². The number of likely N-dealkylation sites (N-methyl/N-ethyl adjacent to an activating group) is 1. The van der Waals surface area contributed by atoms with Crippen LogP contribution in [0.15, 0.2) is 52.8 Å². The Kier molecular flexibility index (Phi) is 4.42. The molecule has 6 heteroatoms. The molecule has 0 saturated carbocycles. The van der Waals surface area contributed by atoms with Crippen molar-refractivity contribution in [1.82, 2.24) is 14.3 Å². The average molecular weight is 348 g/mol. The highest BCUT2D eigenvalue weighted by Gasteiger charge is 2.14. The van der Waals surface area contributed by atoms with Gasteiger partial charge in [0.05, 0.1) is 11.4 Å². The van der Waals surface area contributed by atoms with Crippen LogP contribution in [0.1, 0.15) is 11.3 Å². The first-order valence-corrected chi connectivity index (χ1v) is 9.01. The molecule has 1 aliphatic rings. The molecule has 0 amide bonds. The van der Waals surface area contributed by atoms with Crippen LogP contribution in [0.5, 0.6) is 0 Å². The van der Waals surface area contributed by atoms with E-state index < -0.39 is 0 Å². The molecule has 1 fully saturated rings. The summed E-state index contributed by atoms with van der Waals surface area (Å²) < 4.78 is 1.99. The van der Waals surface area contributed by atoms with Gasteiger partial charge in [-0.05, 0) is 56.8 Å². The quantitative estimate of drug-likeness (QED) is 0.669. The number of nitrogens with zero attached hydrogens (tertiary/aromatic N) is 6. The molecule has 26 heavy (non-hydrogen) atoms. The fraction of sp³-hybridized carbons (Fsp3) is 0.350. The first kappa shape index (κ1) is 16.7. The fourth-order valence-electron chi connectivity index (χ4n) is 3.33. The molecular formula is C20H24N6. The number of hydrogen-bond donors (Lipinski definition) is 0. The Labute approximate surface area is 153 Å². The average Bonchev–Trinajstić information content (AvgIpc) is 2.98. The smallest absolute Gasteiger partial charge is 0.182 e. The van der Waals surface area contributed by atoms with Crippen molar-refractivity contribution in [2.24, 2.45) is 10.2 Å². The number of rotatable bonds is 3. The van der Waals surface area contributed by atoms with E-state index in [2.05, 4.69) is 57.2 Å². The molecule has 1 aromatic carbocycles. The molecule has 0 spiro atoms. The molecule has 0 bridgehead atoms. The second-order valence-corrected chi connectivity index (χ2v) is 6.91. The van der Waals surface area contributed by atoms with E-state index in [0.29, 0.717) is 0 Å². The number of aryl methyl sites for hydroxylation is 2. The van der Waals surface area contributed by atoms with Gasteiger partial charge in [-0.2, -0.15) is 0 Å². The highest BCUT2D eigenvalue weighted by Crippen LogP contribution is 2.26. The zero-order chi connectivity index (χ0) is 18.1. The van der Waals surface area contributed by atoms with Crippen molar-refractivity contribution in [1.29, 1.82) is 0 Å². The highest BCUT2D eigenvalue weighted by atomic mass is 15.2. The van der Waals surface area contributed by atoms with E-state index in [9.17, 15) is 0 Å². The SMILES string of the molecule is Cc1nc2c(C)cccn2c1N=Nc1ccc(N2CCN(C)CC2)cc1. The van der Waals surface area contributed by atoms with Gasteiger partial charge >= 0.3 is 0 Å². The monoisotopic (exact) mass is 348 g/mol. The summed E-state index contributed by atoms with van der Waals surface area (Å²) in [5.41, 5.74) is 5.05. The molecule has 0 N–H and O–H groups in total. The van der Waals surface area contributed by atoms with Crippen LogP contribution in [-0.4, -0.2) is 47.5 Å². The van der Waals surface area contributed by atoms with Crippen molar-refractivity contribution in [3.63, 3.8) is 0 Å². The molecule has 0 unspecified atom stereocenters. The number of benzene rings is 1. The molecule has 3 aromatic rings. The Balaban J connectivity index is 1.54. The maximum atomic E-state index is 4.60. The molecule has 4 rings (SSSR count). The van der Waals surface area contributed by atoms with Gasteiger partial charge in [-0.25, -0.2) is 4.98 Å². The summed E-state index contributed by atoms with van der Waals surface area (Å²) in [7, 11) is 2.17. The lowest BCUT2D eigenvalue weighted by molar-refractivity contribution is 0.313. The van der Waals surface area contributed by atoms with Crippen molar-refractivity contribution in [3.8, 4) is 0 Å². The van der Waals surface area contributed by atoms with Crippen LogP contribution in [-0.2, 0) is 0 Å². The van der Waals surface area contributed by atoms with E-state index in [-0.39, 0.29) is 0 Å². The van der Waals surface area contributed by atoms with E-state index in [4.69, 9.17) is 0 Å². The number of aromatic nitrogens is 2. The Morgan fingerprint density at radius 3 is 2.38 bits per heavy atom. The lowest BCUT2D eigenvalue weighted by Gasteiger charge is -2.34. The normalized spacial score (nSPS) is 16.0. The van der Waals surface area contributed by atoms with Crippen molar-refractivity contribution in [2.45, 2.75) is 13.8 Å². The summed E-state index contributed by atoms with van der Waals surface area (Å²) in [4.78, 5) is 9.38. The molecule has 2 aromatic heterocycles. The Bertz CT molecular complexity index is 933. The van der Waals surface area contributed by atoms with Gasteiger partial charge < -0.3 is 9.80 Å². The molecule has 134 valence electrons.